The van der Waals surface area contributed by atoms with Crippen molar-refractivity contribution >= 4 is 17.4 Å². The van der Waals surface area contributed by atoms with E-state index in [0.29, 0.717) is 10.6 Å². The number of halogens is 1. The molecule has 0 aliphatic heterocycles. The smallest absolute Gasteiger partial charge is 0.161 e. The minimum Gasteiger partial charge on any atom is -0.294 e. The number of rotatable bonds is 2. The van der Waals surface area contributed by atoms with Crippen molar-refractivity contribution in [2.75, 3.05) is 0 Å². The van der Waals surface area contributed by atoms with E-state index in [2.05, 4.69) is 45.0 Å². The monoisotopic (exact) mass is 286 g/mol. The zero-order valence-electron chi connectivity index (χ0n) is 12.3. The third-order valence-corrected chi connectivity index (χ3v) is 3.75. The van der Waals surface area contributed by atoms with Crippen LogP contribution in [0.25, 0.3) is 11.1 Å². The van der Waals surface area contributed by atoms with Crippen molar-refractivity contribution in [2.45, 2.75) is 33.1 Å². The van der Waals surface area contributed by atoms with Crippen LogP contribution in [0.4, 0.5) is 0 Å². The molecule has 1 nitrogen and oxygen atoms in total. The van der Waals surface area contributed by atoms with Gasteiger partial charge in [-0.05, 0) is 41.2 Å². The summed E-state index contributed by atoms with van der Waals surface area (Å²) in [7, 11) is 0. The van der Waals surface area contributed by atoms with Gasteiger partial charge in [-0.3, -0.25) is 4.79 Å². The van der Waals surface area contributed by atoms with Crippen LogP contribution in [-0.2, 0) is 5.41 Å². The summed E-state index contributed by atoms with van der Waals surface area (Å²) in [5.74, 6) is -0.00960. The summed E-state index contributed by atoms with van der Waals surface area (Å²) < 4.78 is 0. The van der Waals surface area contributed by atoms with Crippen LogP contribution in [0.5, 0.6) is 0 Å². The van der Waals surface area contributed by atoms with E-state index in [0.717, 1.165) is 11.1 Å². The van der Waals surface area contributed by atoms with Crippen LogP contribution in [0.3, 0.4) is 0 Å². The number of carbonyl (C=O) groups excluding carboxylic acids is 1. The third-order valence-electron chi connectivity index (χ3n) is 3.43. The molecule has 20 heavy (non-hydrogen) atoms. The van der Waals surface area contributed by atoms with E-state index in [4.69, 9.17) is 11.6 Å². The number of carbonyl (C=O) groups is 1. The van der Waals surface area contributed by atoms with E-state index in [1.807, 2.05) is 12.1 Å². The first-order chi connectivity index (χ1) is 9.29. The maximum atomic E-state index is 11.4. The van der Waals surface area contributed by atoms with Gasteiger partial charge in [0.05, 0.1) is 5.02 Å². The molecule has 2 heteroatoms. The van der Waals surface area contributed by atoms with Crippen LogP contribution in [0.15, 0.2) is 42.5 Å². The van der Waals surface area contributed by atoms with Gasteiger partial charge in [0.15, 0.2) is 5.78 Å². The lowest BCUT2D eigenvalue weighted by molar-refractivity contribution is 0.101. The van der Waals surface area contributed by atoms with Gasteiger partial charge in [0.2, 0.25) is 0 Å². The first-order valence-corrected chi connectivity index (χ1v) is 7.08. The van der Waals surface area contributed by atoms with Gasteiger partial charge in [-0.2, -0.15) is 0 Å². The van der Waals surface area contributed by atoms with E-state index in [-0.39, 0.29) is 11.2 Å². The lowest BCUT2D eigenvalue weighted by Crippen LogP contribution is -2.10. The van der Waals surface area contributed by atoms with Gasteiger partial charge in [-0.15, -0.1) is 0 Å². The van der Waals surface area contributed by atoms with Crippen molar-refractivity contribution in [3.8, 4) is 11.1 Å². The van der Waals surface area contributed by atoms with Crippen LogP contribution in [0.1, 0.15) is 43.6 Å². The standard InChI is InChI=1S/C18H19ClO/c1-12(20)16-10-7-14(11-17(16)19)13-5-8-15(9-6-13)18(2,3)4/h5-11H,1-4H3. The summed E-state index contributed by atoms with van der Waals surface area (Å²) in [6.45, 7) is 8.11. The van der Waals surface area contributed by atoms with Crippen molar-refractivity contribution in [1.82, 2.24) is 0 Å². The Morgan fingerprint density at radius 1 is 0.950 bits per heavy atom. The SMILES string of the molecule is CC(=O)c1ccc(-c2ccc(C(C)(C)C)cc2)cc1Cl. The van der Waals surface area contributed by atoms with Crippen molar-refractivity contribution in [1.29, 1.82) is 0 Å². The predicted molar refractivity (Wildman–Crippen MR) is 85.6 cm³/mol. The largest absolute Gasteiger partial charge is 0.294 e. The van der Waals surface area contributed by atoms with E-state index >= 15 is 0 Å². The Balaban J connectivity index is 2.37. The summed E-state index contributed by atoms with van der Waals surface area (Å²) >= 11 is 6.16. The Labute approximate surface area is 125 Å². The van der Waals surface area contributed by atoms with E-state index in [1.54, 1.807) is 6.07 Å². The second-order valence-corrected chi connectivity index (χ2v) is 6.49. The van der Waals surface area contributed by atoms with Gasteiger partial charge in [0, 0.05) is 5.56 Å². The number of ketones is 1. The van der Waals surface area contributed by atoms with Gasteiger partial charge in [-0.1, -0.05) is 62.7 Å². The number of benzene rings is 2. The molecule has 0 saturated heterocycles. The Morgan fingerprint density at radius 2 is 1.50 bits per heavy atom. The van der Waals surface area contributed by atoms with E-state index in [1.165, 1.54) is 12.5 Å². The number of hydrogen-bond acceptors (Lipinski definition) is 1. The van der Waals surface area contributed by atoms with Crippen LogP contribution < -0.4 is 0 Å². The molecule has 2 rings (SSSR count). The second kappa shape index (κ2) is 5.41. The van der Waals surface area contributed by atoms with Crippen LogP contribution >= 0.6 is 11.6 Å². The summed E-state index contributed by atoms with van der Waals surface area (Å²) in [6, 6.07) is 14.1. The van der Waals surface area contributed by atoms with Crippen molar-refractivity contribution in [3.63, 3.8) is 0 Å². The predicted octanol–water partition coefficient (Wildman–Crippen LogP) is 5.51. The van der Waals surface area contributed by atoms with Crippen molar-refractivity contribution in [2.24, 2.45) is 0 Å². The van der Waals surface area contributed by atoms with Gasteiger partial charge in [-0.25, -0.2) is 0 Å². The minimum atomic E-state index is -0.00960. The number of hydrogen-bond donors (Lipinski definition) is 0. The highest BCUT2D eigenvalue weighted by atomic mass is 35.5. The molecule has 0 aliphatic carbocycles. The average molecular weight is 287 g/mol. The maximum absolute atomic E-state index is 11.4. The van der Waals surface area contributed by atoms with Gasteiger partial charge < -0.3 is 0 Å². The lowest BCUT2D eigenvalue weighted by Gasteiger charge is -2.19. The fraction of sp³-hybridized carbons (Fsp3) is 0.278. The topological polar surface area (TPSA) is 17.1 Å². The molecular weight excluding hydrogens is 268 g/mol. The molecule has 0 fully saturated rings. The second-order valence-electron chi connectivity index (χ2n) is 6.08. The molecule has 0 unspecified atom stereocenters. The number of Topliss-reactive ketones (excluding diaryl/α,β-unsaturated/α-hetero) is 1. The molecule has 104 valence electrons. The molecule has 2 aromatic carbocycles. The van der Waals surface area contributed by atoms with Crippen LogP contribution in [0, 0.1) is 0 Å². The molecule has 0 aromatic heterocycles. The zero-order valence-corrected chi connectivity index (χ0v) is 13.1. The fourth-order valence-electron chi connectivity index (χ4n) is 2.14. The van der Waals surface area contributed by atoms with Gasteiger partial charge >= 0.3 is 0 Å². The minimum absolute atomic E-state index is 0.00960. The molecule has 0 atom stereocenters. The zero-order chi connectivity index (χ0) is 14.9. The molecule has 0 aliphatic rings. The molecule has 0 N–H and O–H groups in total. The fourth-order valence-corrected chi connectivity index (χ4v) is 2.46. The average Bonchev–Trinajstić information content (AvgIpc) is 2.37. The Kier molecular flexibility index (Phi) is 4.01. The highest BCUT2D eigenvalue weighted by Gasteiger charge is 2.13. The van der Waals surface area contributed by atoms with Crippen molar-refractivity contribution in [3.05, 3.63) is 58.6 Å². The highest BCUT2D eigenvalue weighted by Crippen LogP contribution is 2.28. The molecule has 0 spiro atoms. The quantitative estimate of drug-likeness (QED) is 0.666. The summed E-state index contributed by atoms with van der Waals surface area (Å²) in [5, 5.41) is 0.509. The molecule has 0 amide bonds. The normalized spacial score (nSPS) is 11.4. The molecule has 0 radical (unpaired) electrons. The summed E-state index contributed by atoms with van der Waals surface area (Å²) in [5.41, 5.74) is 4.15. The summed E-state index contributed by atoms with van der Waals surface area (Å²) in [4.78, 5) is 11.4. The Hall–Kier alpha value is -1.60. The lowest BCUT2D eigenvalue weighted by atomic mass is 9.86. The van der Waals surface area contributed by atoms with Crippen LogP contribution in [0.2, 0.25) is 5.02 Å². The molecular formula is C18H19ClO. The maximum Gasteiger partial charge on any atom is 0.161 e. The van der Waals surface area contributed by atoms with Crippen molar-refractivity contribution < 1.29 is 4.79 Å². The molecule has 0 saturated carbocycles. The van der Waals surface area contributed by atoms with E-state index < -0.39 is 0 Å². The third kappa shape index (κ3) is 3.10. The summed E-state index contributed by atoms with van der Waals surface area (Å²) in [6.07, 6.45) is 0. The van der Waals surface area contributed by atoms with Crippen LogP contribution in [-0.4, -0.2) is 5.78 Å². The first-order valence-electron chi connectivity index (χ1n) is 6.70. The van der Waals surface area contributed by atoms with Gasteiger partial charge in [0.1, 0.15) is 0 Å². The molecule has 2 aromatic rings. The van der Waals surface area contributed by atoms with E-state index in [9.17, 15) is 4.79 Å². The highest BCUT2D eigenvalue weighted by molar-refractivity contribution is 6.34. The van der Waals surface area contributed by atoms with Gasteiger partial charge in [0.25, 0.3) is 0 Å². The first kappa shape index (κ1) is 14.8. The Morgan fingerprint density at radius 3 is 1.95 bits per heavy atom. The molecule has 0 heterocycles. The Bertz CT molecular complexity index is 633. The molecule has 0 bridgehead atoms.